The van der Waals surface area contributed by atoms with Crippen molar-refractivity contribution in [2.45, 2.75) is 12.8 Å². The molecule has 29 heavy (non-hydrogen) atoms. The minimum Gasteiger partial charge on any atom is -0.494 e. The molecule has 6 nitrogen and oxygen atoms in total. The fourth-order valence-electron chi connectivity index (χ4n) is 3.13. The van der Waals surface area contributed by atoms with Gasteiger partial charge in [0.1, 0.15) is 5.82 Å². The molecule has 0 saturated carbocycles. The van der Waals surface area contributed by atoms with Gasteiger partial charge in [0.05, 0.1) is 18.1 Å². The third-order valence-electron chi connectivity index (χ3n) is 4.68. The van der Waals surface area contributed by atoms with Crippen molar-refractivity contribution in [1.82, 2.24) is 9.88 Å². The zero-order chi connectivity index (χ0) is 20.8. The molecule has 1 aromatic heterocycles. The van der Waals surface area contributed by atoms with Gasteiger partial charge in [0, 0.05) is 25.4 Å². The summed E-state index contributed by atoms with van der Waals surface area (Å²) in [6.07, 6.45) is 5.81. The highest BCUT2D eigenvalue weighted by Crippen LogP contribution is 2.21. The smallest absolute Gasteiger partial charge is 0.246 e. The van der Waals surface area contributed by atoms with Crippen LogP contribution in [0.1, 0.15) is 18.4 Å². The van der Waals surface area contributed by atoms with Crippen LogP contribution in [0.2, 0.25) is 5.02 Å². The molecule has 2 heterocycles. The lowest BCUT2D eigenvalue weighted by Gasteiger charge is -2.31. The predicted molar refractivity (Wildman–Crippen MR) is 109 cm³/mol. The highest BCUT2D eigenvalue weighted by molar-refractivity contribution is 6.30. The van der Waals surface area contributed by atoms with E-state index in [0.29, 0.717) is 35.9 Å². The molecule has 0 aliphatic carbocycles. The van der Waals surface area contributed by atoms with E-state index in [2.05, 4.69) is 10.3 Å². The van der Waals surface area contributed by atoms with Crippen molar-refractivity contribution >= 4 is 35.3 Å². The number of carbonyl (C=O) groups is 2. The fourth-order valence-corrected chi connectivity index (χ4v) is 3.24. The number of rotatable bonds is 5. The Balaban J connectivity index is 1.59. The molecular weight excluding hydrogens is 397 g/mol. The second-order valence-corrected chi connectivity index (χ2v) is 7.14. The van der Waals surface area contributed by atoms with Gasteiger partial charge in [0.2, 0.25) is 11.8 Å². The molecule has 2 aromatic rings. The maximum Gasteiger partial charge on any atom is 0.246 e. The zero-order valence-electron chi connectivity index (χ0n) is 15.9. The summed E-state index contributed by atoms with van der Waals surface area (Å²) in [5, 5.41) is 3.24. The van der Waals surface area contributed by atoms with Gasteiger partial charge in [-0.25, -0.2) is 9.37 Å². The van der Waals surface area contributed by atoms with Crippen LogP contribution >= 0.6 is 11.6 Å². The average molecular weight is 418 g/mol. The number of nitrogens with one attached hydrogen (secondary N) is 1. The molecule has 2 amide bonds. The first-order valence-electron chi connectivity index (χ1n) is 9.19. The van der Waals surface area contributed by atoms with Crippen LogP contribution in [0.15, 0.2) is 42.6 Å². The molecule has 8 heteroatoms. The van der Waals surface area contributed by atoms with Crippen molar-refractivity contribution in [1.29, 1.82) is 0 Å². The summed E-state index contributed by atoms with van der Waals surface area (Å²) >= 11 is 5.80. The minimum absolute atomic E-state index is 0.147. The van der Waals surface area contributed by atoms with E-state index < -0.39 is 5.82 Å². The lowest BCUT2D eigenvalue weighted by Crippen LogP contribution is -2.43. The summed E-state index contributed by atoms with van der Waals surface area (Å²) in [7, 11) is 1.39. The van der Waals surface area contributed by atoms with E-state index in [0.717, 1.165) is 6.42 Å². The number of ether oxygens (including phenoxy) is 1. The maximum absolute atomic E-state index is 13.8. The van der Waals surface area contributed by atoms with Crippen molar-refractivity contribution < 1.29 is 18.7 Å². The second kappa shape index (κ2) is 9.52. The summed E-state index contributed by atoms with van der Waals surface area (Å²) < 4.78 is 18.6. The van der Waals surface area contributed by atoms with Crippen LogP contribution in [-0.2, 0) is 9.59 Å². The third-order valence-corrected chi connectivity index (χ3v) is 4.90. The van der Waals surface area contributed by atoms with E-state index in [1.54, 1.807) is 29.2 Å². The third kappa shape index (κ3) is 5.54. The highest BCUT2D eigenvalue weighted by atomic mass is 35.5. The number of methoxy groups -OCH3 is 1. The number of carbonyl (C=O) groups excluding carboxylic acids is 2. The van der Waals surface area contributed by atoms with Gasteiger partial charge in [0.15, 0.2) is 11.6 Å². The number of hydrogen-bond acceptors (Lipinski definition) is 4. The monoisotopic (exact) mass is 417 g/mol. The Kier molecular flexibility index (Phi) is 6.82. The average Bonchev–Trinajstić information content (AvgIpc) is 2.73. The largest absolute Gasteiger partial charge is 0.494 e. The van der Waals surface area contributed by atoms with Gasteiger partial charge < -0.3 is 15.0 Å². The molecule has 1 fully saturated rings. The minimum atomic E-state index is -0.493. The fraction of sp³-hybridized carbons (Fsp3) is 0.286. The van der Waals surface area contributed by atoms with Crippen molar-refractivity contribution in [2.24, 2.45) is 5.92 Å². The number of anilines is 1. The lowest BCUT2D eigenvalue weighted by atomic mass is 9.97. The number of piperidine rings is 1. The topological polar surface area (TPSA) is 71.5 Å². The second-order valence-electron chi connectivity index (χ2n) is 6.70. The number of likely N-dealkylation sites (tertiary alicyclic amines) is 1. The van der Waals surface area contributed by atoms with Gasteiger partial charge >= 0.3 is 0 Å². The van der Waals surface area contributed by atoms with Crippen LogP contribution in [0.3, 0.4) is 0 Å². The van der Waals surface area contributed by atoms with E-state index in [1.165, 1.54) is 31.5 Å². The first kappa shape index (κ1) is 20.8. The van der Waals surface area contributed by atoms with Crippen molar-refractivity contribution in [3.05, 3.63) is 59.0 Å². The molecule has 0 radical (unpaired) electrons. The first-order chi connectivity index (χ1) is 14.0. The van der Waals surface area contributed by atoms with Crippen LogP contribution in [0, 0.1) is 11.7 Å². The Morgan fingerprint density at radius 1 is 1.34 bits per heavy atom. The number of benzene rings is 1. The first-order valence-corrected chi connectivity index (χ1v) is 9.57. The standard InChI is InChI=1S/C21H21ClFN3O3/c1-29-18-7-4-14(11-17(18)23)5-9-20(27)26-10-2-3-15(13-26)21(28)25-19-8-6-16(22)12-24-19/h4-9,11-12,15H,2-3,10,13H2,1H3,(H,24,25,28). The molecule has 3 rings (SSSR count). The van der Waals surface area contributed by atoms with Crippen LogP contribution in [0.4, 0.5) is 10.2 Å². The van der Waals surface area contributed by atoms with Gasteiger partial charge in [0.25, 0.3) is 0 Å². The Bertz CT molecular complexity index is 918. The van der Waals surface area contributed by atoms with E-state index in [-0.39, 0.29) is 23.5 Å². The lowest BCUT2D eigenvalue weighted by molar-refractivity contribution is -0.130. The summed E-state index contributed by atoms with van der Waals surface area (Å²) in [5.41, 5.74) is 0.553. The molecule has 152 valence electrons. The van der Waals surface area contributed by atoms with Crippen LogP contribution in [0.25, 0.3) is 6.08 Å². The molecule has 0 spiro atoms. The predicted octanol–water partition coefficient (Wildman–Crippen LogP) is 3.77. The Morgan fingerprint density at radius 2 is 2.17 bits per heavy atom. The van der Waals surface area contributed by atoms with Crippen LogP contribution < -0.4 is 10.1 Å². The summed E-state index contributed by atoms with van der Waals surface area (Å²) in [4.78, 5) is 30.7. The van der Waals surface area contributed by atoms with Gasteiger partial charge in [-0.05, 0) is 48.7 Å². The van der Waals surface area contributed by atoms with E-state index in [9.17, 15) is 14.0 Å². The summed E-state index contributed by atoms with van der Waals surface area (Å²) in [6, 6.07) is 7.74. The van der Waals surface area contributed by atoms with E-state index >= 15 is 0 Å². The molecule has 1 aliphatic heterocycles. The van der Waals surface area contributed by atoms with Gasteiger partial charge in [-0.2, -0.15) is 0 Å². The Morgan fingerprint density at radius 3 is 2.86 bits per heavy atom. The number of nitrogens with zero attached hydrogens (tertiary/aromatic N) is 2. The molecule has 1 N–H and O–H groups in total. The molecule has 1 aromatic carbocycles. The maximum atomic E-state index is 13.8. The SMILES string of the molecule is COc1ccc(C=CC(=O)N2CCCC(C(=O)Nc3ccc(Cl)cn3)C2)cc1F. The quantitative estimate of drug-likeness (QED) is 0.751. The van der Waals surface area contributed by atoms with Crippen LogP contribution in [0.5, 0.6) is 5.75 Å². The van der Waals surface area contributed by atoms with Gasteiger partial charge in [-0.3, -0.25) is 9.59 Å². The Hall–Kier alpha value is -2.93. The zero-order valence-corrected chi connectivity index (χ0v) is 16.7. The van der Waals surface area contributed by atoms with E-state index in [1.807, 2.05) is 0 Å². The number of halogens is 2. The molecule has 1 unspecified atom stereocenters. The molecule has 1 saturated heterocycles. The highest BCUT2D eigenvalue weighted by Gasteiger charge is 2.27. The van der Waals surface area contributed by atoms with Crippen molar-refractivity contribution in [3.8, 4) is 5.75 Å². The van der Waals surface area contributed by atoms with Crippen molar-refractivity contribution in [2.75, 3.05) is 25.5 Å². The van der Waals surface area contributed by atoms with Crippen molar-refractivity contribution in [3.63, 3.8) is 0 Å². The van der Waals surface area contributed by atoms with Gasteiger partial charge in [-0.15, -0.1) is 0 Å². The Labute approximate surface area is 173 Å². The van der Waals surface area contributed by atoms with Gasteiger partial charge in [-0.1, -0.05) is 17.7 Å². The summed E-state index contributed by atoms with van der Waals surface area (Å²) in [6.45, 7) is 0.892. The molecular formula is C21H21ClFN3O3. The number of aromatic nitrogens is 1. The summed E-state index contributed by atoms with van der Waals surface area (Å²) in [5.74, 6) is -0.649. The number of amides is 2. The molecule has 1 aliphatic rings. The molecule has 0 bridgehead atoms. The van der Waals surface area contributed by atoms with Crippen LogP contribution in [-0.4, -0.2) is 41.9 Å². The molecule has 1 atom stereocenters. The normalized spacial score (nSPS) is 16.7. The number of hydrogen-bond donors (Lipinski definition) is 1. The number of pyridine rings is 1. The van der Waals surface area contributed by atoms with E-state index in [4.69, 9.17) is 16.3 Å².